The molecule has 0 bridgehead atoms. The van der Waals surface area contributed by atoms with Gasteiger partial charge in [-0.05, 0) is 17.9 Å². The summed E-state index contributed by atoms with van der Waals surface area (Å²) in [5, 5.41) is 15.1. The van der Waals surface area contributed by atoms with Crippen molar-refractivity contribution in [1.29, 1.82) is 0 Å². The van der Waals surface area contributed by atoms with Crippen molar-refractivity contribution < 1.29 is 4.79 Å². The number of rotatable bonds is 5. The smallest absolute Gasteiger partial charge is 0.270 e. The molecule has 4 N–H and O–H groups in total. The molecule has 2 aromatic rings. The van der Waals surface area contributed by atoms with Crippen LogP contribution in [0, 0.1) is 5.92 Å². The average Bonchev–Trinajstić information content (AvgIpc) is 2.86. The second-order valence-electron chi connectivity index (χ2n) is 7.51. The van der Waals surface area contributed by atoms with Crippen LogP contribution in [0.15, 0.2) is 6.07 Å². The highest BCUT2D eigenvalue weighted by Gasteiger charge is 2.27. The Balaban J connectivity index is 1.88. The summed E-state index contributed by atoms with van der Waals surface area (Å²) in [4.78, 5) is 21.2. The maximum Gasteiger partial charge on any atom is 0.270 e. The van der Waals surface area contributed by atoms with E-state index in [2.05, 4.69) is 49.2 Å². The fraction of sp³-hybridized carbons (Fsp3) is 0.611. The van der Waals surface area contributed by atoms with Crippen LogP contribution in [0.4, 0.5) is 5.95 Å². The normalized spacial score (nSPS) is 15.5. The van der Waals surface area contributed by atoms with Crippen LogP contribution in [0.1, 0.15) is 67.5 Å². The molecular weight excluding hydrogens is 344 g/mol. The Morgan fingerprint density at radius 3 is 2.70 bits per heavy atom. The van der Waals surface area contributed by atoms with E-state index in [0.29, 0.717) is 0 Å². The molecule has 9 nitrogen and oxygen atoms in total. The molecule has 1 unspecified atom stereocenters. The van der Waals surface area contributed by atoms with Gasteiger partial charge in [-0.15, -0.1) is 10.2 Å². The standard InChI is InChI=1S/C18H28N8O/c1-10(2)12-9-13(22-18(19)21-12)17(27)23-15(11(3)4)16-25-24-14-5-6-20-7-8-26(14)16/h9-11,15,20H,5-8H2,1-4H3,(H,23,27)(H2,19,21,22). The first kappa shape index (κ1) is 19.2. The number of anilines is 1. The first-order valence-corrected chi connectivity index (χ1v) is 9.44. The van der Waals surface area contributed by atoms with E-state index in [9.17, 15) is 4.79 Å². The summed E-state index contributed by atoms with van der Waals surface area (Å²) < 4.78 is 2.11. The molecule has 0 saturated heterocycles. The Hall–Kier alpha value is -2.55. The lowest BCUT2D eigenvalue weighted by Crippen LogP contribution is -2.35. The lowest BCUT2D eigenvalue weighted by molar-refractivity contribution is 0.0916. The number of hydrogen-bond donors (Lipinski definition) is 3. The summed E-state index contributed by atoms with van der Waals surface area (Å²) in [7, 11) is 0. The molecule has 2 aromatic heterocycles. The molecule has 0 saturated carbocycles. The molecule has 0 aliphatic carbocycles. The molecule has 1 atom stereocenters. The van der Waals surface area contributed by atoms with Crippen molar-refractivity contribution in [3.63, 3.8) is 0 Å². The Bertz CT molecular complexity index is 814. The number of nitrogens with one attached hydrogen (secondary N) is 2. The zero-order valence-electron chi connectivity index (χ0n) is 16.4. The third-order valence-corrected chi connectivity index (χ3v) is 4.71. The minimum atomic E-state index is -0.284. The number of carbonyl (C=O) groups is 1. The second-order valence-corrected chi connectivity index (χ2v) is 7.51. The molecule has 1 amide bonds. The fourth-order valence-corrected chi connectivity index (χ4v) is 3.17. The Morgan fingerprint density at radius 2 is 2.00 bits per heavy atom. The van der Waals surface area contributed by atoms with Gasteiger partial charge in [-0.2, -0.15) is 0 Å². The average molecular weight is 372 g/mol. The molecule has 0 fully saturated rings. The number of nitrogens with two attached hydrogens (primary N) is 1. The summed E-state index contributed by atoms with van der Waals surface area (Å²) in [5.74, 6) is 1.85. The van der Waals surface area contributed by atoms with Crippen molar-refractivity contribution in [2.45, 2.75) is 52.6 Å². The molecule has 3 heterocycles. The predicted molar refractivity (Wildman–Crippen MR) is 102 cm³/mol. The van der Waals surface area contributed by atoms with Crippen LogP contribution >= 0.6 is 0 Å². The van der Waals surface area contributed by atoms with Crippen LogP contribution < -0.4 is 16.4 Å². The summed E-state index contributed by atoms with van der Waals surface area (Å²) in [6.07, 6.45) is 0.825. The molecule has 0 aromatic carbocycles. The van der Waals surface area contributed by atoms with Crippen LogP contribution in [-0.4, -0.2) is 43.7 Å². The number of hydrogen-bond acceptors (Lipinski definition) is 7. The van der Waals surface area contributed by atoms with Crippen molar-refractivity contribution in [2.24, 2.45) is 5.92 Å². The number of nitrogens with zero attached hydrogens (tertiary/aromatic N) is 5. The minimum absolute atomic E-state index is 0.106. The van der Waals surface area contributed by atoms with Gasteiger partial charge in [-0.3, -0.25) is 4.79 Å². The van der Waals surface area contributed by atoms with Crippen LogP contribution in [-0.2, 0) is 13.0 Å². The molecule has 1 aliphatic rings. The van der Waals surface area contributed by atoms with Crippen LogP contribution in [0.3, 0.4) is 0 Å². The van der Waals surface area contributed by atoms with Gasteiger partial charge in [0.25, 0.3) is 5.91 Å². The minimum Gasteiger partial charge on any atom is -0.368 e. The molecule has 9 heteroatoms. The van der Waals surface area contributed by atoms with E-state index >= 15 is 0 Å². The van der Waals surface area contributed by atoms with Gasteiger partial charge in [0.1, 0.15) is 11.5 Å². The largest absolute Gasteiger partial charge is 0.368 e. The van der Waals surface area contributed by atoms with E-state index in [0.717, 1.165) is 43.4 Å². The molecule has 146 valence electrons. The first-order chi connectivity index (χ1) is 12.9. The third kappa shape index (κ3) is 4.24. The Morgan fingerprint density at radius 1 is 1.22 bits per heavy atom. The summed E-state index contributed by atoms with van der Waals surface area (Å²) in [6, 6.07) is 1.43. The van der Waals surface area contributed by atoms with Gasteiger partial charge >= 0.3 is 0 Å². The van der Waals surface area contributed by atoms with Gasteiger partial charge in [0.15, 0.2) is 5.82 Å². The van der Waals surface area contributed by atoms with Crippen molar-refractivity contribution >= 4 is 11.9 Å². The van der Waals surface area contributed by atoms with Gasteiger partial charge in [0, 0.05) is 31.7 Å². The maximum atomic E-state index is 12.9. The van der Waals surface area contributed by atoms with Gasteiger partial charge in [-0.25, -0.2) is 9.97 Å². The SMILES string of the molecule is CC(C)c1cc(C(=O)NC(c2nnc3n2CCNCC3)C(C)C)nc(N)n1. The van der Waals surface area contributed by atoms with Crippen molar-refractivity contribution in [3.05, 3.63) is 29.1 Å². The van der Waals surface area contributed by atoms with Gasteiger partial charge in [-0.1, -0.05) is 27.7 Å². The highest BCUT2D eigenvalue weighted by molar-refractivity contribution is 5.92. The predicted octanol–water partition coefficient (Wildman–Crippen LogP) is 1.05. The van der Waals surface area contributed by atoms with Crippen LogP contribution in [0.2, 0.25) is 0 Å². The number of nitrogen functional groups attached to an aromatic ring is 1. The molecule has 27 heavy (non-hydrogen) atoms. The van der Waals surface area contributed by atoms with Gasteiger partial charge in [0.2, 0.25) is 5.95 Å². The quantitative estimate of drug-likeness (QED) is 0.716. The summed E-state index contributed by atoms with van der Waals surface area (Å²) in [6.45, 7) is 10.6. The highest BCUT2D eigenvalue weighted by Crippen LogP contribution is 2.23. The Labute approximate surface area is 159 Å². The van der Waals surface area contributed by atoms with E-state index in [4.69, 9.17) is 5.73 Å². The van der Waals surface area contributed by atoms with E-state index in [-0.39, 0.29) is 35.4 Å². The Kier molecular flexibility index (Phi) is 5.69. The number of fused-ring (bicyclic) bond motifs is 1. The molecular formula is C18H28N8O. The highest BCUT2D eigenvalue weighted by atomic mass is 16.2. The van der Waals surface area contributed by atoms with Crippen molar-refractivity contribution in [3.8, 4) is 0 Å². The zero-order chi connectivity index (χ0) is 19.6. The molecule has 0 spiro atoms. The second kappa shape index (κ2) is 7.99. The monoisotopic (exact) mass is 372 g/mol. The molecule has 3 rings (SSSR count). The van der Waals surface area contributed by atoms with Crippen molar-refractivity contribution in [2.75, 3.05) is 18.8 Å². The molecule has 0 radical (unpaired) electrons. The summed E-state index contributed by atoms with van der Waals surface area (Å²) >= 11 is 0. The van der Waals surface area contributed by atoms with E-state index in [1.807, 2.05) is 13.8 Å². The van der Waals surface area contributed by atoms with Crippen LogP contribution in [0.5, 0.6) is 0 Å². The molecule has 1 aliphatic heterocycles. The number of carbonyl (C=O) groups excluding carboxylic acids is 1. The number of amides is 1. The third-order valence-electron chi connectivity index (χ3n) is 4.71. The maximum absolute atomic E-state index is 12.9. The van der Waals surface area contributed by atoms with Gasteiger partial charge in [0.05, 0.1) is 6.04 Å². The number of aromatic nitrogens is 5. The topological polar surface area (TPSA) is 124 Å². The summed E-state index contributed by atoms with van der Waals surface area (Å²) in [5.41, 5.74) is 6.81. The van der Waals surface area contributed by atoms with Crippen molar-refractivity contribution in [1.82, 2.24) is 35.4 Å². The van der Waals surface area contributed by atoms with E-state index in [1.54, 1.807) is 6.07 Å². The van der Waals surface area contributed by atoms with E-state index < -0.39 is 0 Å². The lowest BCUT2D eigenvalue weighted by atomic mass is 10.0. The first-order valence-electron chi connectivity index (χ1n) is 9.44. The van der Waals surface area contributed by atoms with Crippen LogP contribution in [0.25, 0.3) is 0 Å². The lowest BCUT2D eigenvalue weighted by Gasteiger charge is -2.22. The van der Waals surface area contributed by atoms with Gasteiger partial charge < -0.3 is 20.9 Å². The zero-order valence-corrected chi connectivity index (χ0v) is 16.4. The fourth-order valence-electron chi connectivity index (χ4n) is 3.17. The van der Waals surface area contributed by atoms with E-state index in [1.165, 1.54) is 0 Å².